The molecule has 0 heterocycles. The van der Waals surface area contributed by atoms with Crippen molar-refractivity contribution in [3.63, 3.8) is 0 Å². The summed E-state index contributed by atoms with van der Waals surface area (Å²) in [5, 5.41) is 0. The molecular weight excluding hydrogens is 258 g/mol. The van der Waals surface area contributed by atoms with Crippen LogP contribution in [0.1, 0.15) is 18.4 Å². The van der Waals surface area contributed by atoms with E-state index < -0.39 is 0 Å². The minimum absolute atomic E-state index is 0.208. The number of hydrogen-bond donors (Lipinski definition) is 1. The van der Waals surface area contributed by atoms with Crippen molar-refractivity contribution in [2.75, 3.05) is 34.2 Å². The maximum atomic E-state index is 5.66. The van der Waals surface area contributed by atoms with Crippen LogP contribution in [0, 0.1) is 5.92 Å². The van der Waals surface area contributed by atoms with Gasteiger partial charge in [-0.1, -0.05) is 0 Å². The highest BCUT2D eigenvalue weighted by atomic mass is 16.7. The molecule has 0 atom stereocenters. The highest BCUT2D eigenvalue weighted by molar-refractivity contribution is 5.53. The SMILES string of the molecule is COc1cc(CCN)cc(OC)c1OCOCC1CC1. The van der Waals surface area contributed by atoms with Gasteiger partial charge in [0.05, 0.1) is 20.8 Å². The van der Waals surface area contributed by atoms with Crippen LogP contribution in [-0.4, -0.2) is 34.2 Å². The van der Waals surface area contributed by atoms with Gasteiger partial charge < -0.3 is 24.7 Å². The lowest BCUT2D eigenvalue weighted by Crippen LogP contribution is -2.08. The highest BCUT2D eigenvalue weighted by Crippen LogP contribution is 2.38. The molecule has 1 aliphatic rings. The van der Waals surface area contributed by atoms with E-state index in [1.165, 1.54) is 12.8 Å². The van der Waals surface area contributed by atoms with E-state index in [0.717, 1.165) is 18.6 Å². The zero-order valence-electron chi connectivity index (χ0n) is 12.2. The molecule has 1 saturated carbocycles. The first-order valence-electron chi connectivity index (χ1n) is 6.94. The molecule has 2 N–H and O–H groups in total. The number of ether oxygens (including phenoxy) is 4. The van der Waals surface area contributed by atoms with E-state index in [4.69, 9.17) is 24.7 Å². The molecule has 1 aliphatic carbocycles. The molecular formula is C15H23NO4. The third-order valence-corrected chi connectivity index (χ3v) is 3.29. The summed E-state index contributed by atoms with van der Waals surface area (Å²) in [6, 6.07) is 3.84. The smallest absolute Gasteiger partial charge is 0.206 e. The van der Waals surface area contributed by atoms with Gasteiger partial charge in [0.2, 0.25) is 5.75 Å². The summed E-state index contributed by atoms with van der Waals surface area (Å²) in [5.41, 5.74) is 6.64. The van der Waals surface area contributed by atoms with Crippen LogP contribution in [-0.2, 0) is 11.2 Å². The van der Waals surface area contributed by atoms with Crippen molar-refractivity contribution in [1.29, 1.82) is 0 Å². The zero-order valence-corrected chi connectivity index (χ0v) is 12.2. The molecule has 20 heavy (non-hydrogen) atoms. The molecule has 0 saturated heterocycles. The minimum atomic E-state index is 0.208. The van der Waals surface area contributed by atoms with Gasteiger partial charge in [-0.05, 0) is 49.4 Å². The van der Waals surface area contributed by atoms with Crippen LogP contribution in [0.5, 0.6) is 17.2 Å². The molecule has 5 nitrogen and oxygen atoms in total. The second-order valence-corrected chi connectivity index (χ2v) is 4.94. The Bertz CT molecular complexity index is 407. The van der Waals surface area contributed by atoms with E-state index in [1.807, 2.05) is 12.1 Å². The summed E-state index contributed by atoms with van der Waals surface area (Å²) in [4.78, 5) is 0. The van der Waals surface area contributed by atoms with Gasteiger partial charge >= 0.3 is 0 Å². The average molecular weight is 281 g/mol. The Balaban J connectivity index is 2.03. The number of benzene rings is 1. The Labute approximate surface area is 120 Å². The van der Waals surface area contributed by atoms with Crippen LogP contribution >= 0.6 is 0 Å². The van der Waals surface area contributed by atoms with Crippen molar-refractivity contribution in [1.82, 2.24) is 0 Å². The van der Waals surface area contributed by atoms with Gasteiger partial charge in [-0.15, -0.1) is 0 Å². The van der Waals surface area contributed by atoms with Crippen molar-refractivity contribution < 1.29 is 18.9 Å². The highest BCUT2D eigenvalue weighted by Gasteiger charge is 2.21. The average Bonchev–Trinajstić information content (AvgIpc) is 3.28. The van der Waals surface area contributed by atoms with E-state index >= 15 is 0 Å². The standard InChI is InChI=1S/C15H23NO4/c1-17-13-7-12(5-6-16)8-14(18-2)15(13)20-10-19-9-11-3-4-11/h7-8,11H,3-6,9-10,16H2,1-2H3. The fourth-order valence-electron chi connectivity index (χ4n) is 1.99. The van der Waals surface area contributed by atoms with E-state index in [0.29, 0.717) is 29.7 Å². The van der Waals surface area contributed by atoms with E-state index in [-0.39, 0.29) is 6.79 Å². The second-order valence-electron chi connectivity index (χ2n) is 4.94. The number of nitrogens with two attached hydrogens (primary N) is 1. The van der Waals surface area contributed by atoms with Crippen molar-refractivity contribution in [3.8, 4) is 17.2 Å². The second kappa shape index (κ2) is 7.36. The quantitative estimate of drug-likeness (QED) is 0.554. The Hall–Kier alpha value is -1.46. The molecule has 5 heteroatoms. The normalized spacial score (nSPS) is 14.2. The topological polar surface area (TPSA) is 62.9 Å². The molecule has 1 fully saturated rings. The lowest BCUT2D eigenvalue weighted by atomic mass is 10.1. The van der Waals surface area contributed by atoms with Crippen LogP contribution in [0.4, 0.5) is 0 Å². The largest absolute Gasteiger partial charge is 0.493 e. The van der Waals surface area contributed by atoms with E-state index in [9.17, 15) is 0 Å². The van der Waals surface area contributed by atoms with Crippen LogP contribution in [0.3, 0.4) is 0 Å². The van der Waals surface area contributed by atoms with Gasteiger partial charge in [-0.25, -0.2) is 0 Å². The third kappa shape index (κ3) is 4.02. The van der Waals surface area contributed by atoms with Crippen LogP contribution in [0.25, 0.3) is 0 Å². The monoisotopic (exact) mass is 281 g/mol. The van der Waals surface area contributed by atoms with Crippen molar-refractivity contribution in [2.24, 2.45) is 11.7 Å². The van der Waals surface area contributed by atoms with Crippen LogP contribution in [0.15, 0.2) is 12.1 Å². The molecule has 0 aromatic heterocycles. The summed E-state index contributed by atoms with van der Waals surface area (Å²) >= 11 is 0. The fourth-order valence-corrected chi connectivity index (χ4v) is 1.99. The molecule has 0 radical (unpaired) electrons. The number of hydrogen-bond acceptors (Lipinski definition) is 5. The van der Waals surface area contributed by atoms with Crippen LogP contribution in [0.2, 0.25) is 0 Å². The minimum Gasteiger partial charge on any atom is -0.493 e. The molecule has 1 aromatic carbocycles. The Morgan fingerprint density at radius 1 is 1.15 bits per heavy atom. The first-order valence-corrected chi connectivity index (χ1v) is 6.94. The lowest BCUT2D eigenvalue weighted by molar-refractivity contribution is 0.00727. The summed E-state index contributed by atoms with van der Waals surface area (Å²) in [6.07, 6.45) is 3.30. The first-order chi connectivity index (χ1) is 9.78. The summed E-state index contributed by atoms with van der Waals surface area (Å²) in [7, 11) is 3.22. The number of methoxy groups -OCH3 is 2. The van der Waals surface area contributed by atoms with Gasteiger partial charge in [0.25, 0.3) is 0 Å². The maximum Gasteiger partial charge on any atom is 0.206 e. The van der Waals surface area contributed by atoms with Gasteiger partial charge in [-0.3, -0.25) is 0 Å². The van der Waals surface area contributed by atoms with E-state index in [1.54, 1.807) is 14.2 Å². The molecule has 0 spiro atoms. The fraction of sp³-hybridized carbons (Fsp3) is 0.600. The Kier molecular flexibility index (Phi) is 5.49. The maximum absolute atomic E-state index is 5.66. The summed E-state index contributed by atoms with van der Waals surface area (Å²) in [6.45, 7) is 1.55. The Morgan fingerprint density at radius 2 is 1.80 bits per heavy atom. The van der Waals surface area contributed by atoms with Crippen LogP contribution < -0.4 is 19.9 Å². The number of rotatable bonds is 9. The lowest BCUT2D eigenvalue weighted by Gasteiger charge is -2.16. The van der Waals surface area contributed by atoms with Gasteiger partial charge in [0.15, 0.2) is 18.3 Å². The molecule has 0 amide bonds. The summed E-state index contributed by atoms with van der Waals surface area (Å²) in [5.74, 6) is 2.58. The molecule has 112 valence electrons. The molecule has 1 aromatic rings. The molecule has 0 aliphatic heterocycles. The Morgan fingerprint density at radius 3 is 2.30 bits per heavy atom. The molecule has 0 unspecified atom stereocenters. The predicted molar refractivity (Wildman–Crippen MR) is 76.5 cm³/mol. The van der Waals surface area contributed by atoms with Crippen molar-refractivity contribution in [3.05, 3.63) is 17.7 Å². The van der Waals surface area contributed by atoms with E-state index in [2.05, 4.69) is 0 Å². The van der Waals surface area contributed by atoms with Crippen molar-refractivity contribution >= 4 is 0 Å². The van der Waals surface area contributed by atoms with Crippen molar-refractivity contribution in [2.45, 2.75) is 19.3 Å². The van der Waals surface area contributed by atoms with Gasteiger partial charge in [0, 0.05) is 0 Å². The molecule has 2 rings (SSSR count). The van der Waals surface area contributed by atoms with Gasteiger partial charge in [-0.2, -0.15) is 0 Å². The molecule has 0 bridgehead atoms. The summed E-state index contributed by atoms with van der Waals surface area (Å²) < 4.78 is 21.9. The predicted octanol–water partition coefficient (Wildman–Crippen LogP) is 1.97. The first kappa shape index (κ1) is 14.9. The third-order valence-electron chi connectivity index (χ3n) is 3.29. The zero-order chi connectivity index (χ0) is 14.4. The van der Waals surface area contributed by atoms with Gasteiger partial charge in [0.1, 0.15) is 0 Å².